The fraction of sp³-hybridized carbons (Fsp3) is 0.667. The predicted octanol–water partition coefficient (Wildman–Crippen LogP) is 1.14. The van der Waals surface area contributed by atoms with E-state index in [-0.39, 0.29) is 6.61 Å². The van der Waals surface area contributed by atoms with Crippen LogP contribution in [0.15, 0.2) is 6.08 Å². The lowest BCUT2D eigenvalue weighted by atomic mass is 10.2. The lowest BCUT2D eigenvalue weighted by Gasteiger charge is -1.84. The van der Waals surface area contributed by atoms with Gasteiger partial charge in [-0.05, 0) is 12.8 Å². The van der Waals surface area contributed by atoms with Crippen molar-refractivity contribution in [1.29, 1.82) is 0 Å². The Morgan fingerprint density at radius 2 is 2.14 bits per heavy atom. The van der Waals surface area contributed by atoms with Crippen LogP contribution >= 0.6 is 0 Å². The monoisotopic (exact) mass is 99.1 g/mol. The zero-order valence-electron chi connectivity index (χ0n) is 4.43. The summed E-state index contributed by atoms with van der Waals surface area (Å²) in [6, 6.07) is 0. The Hall–Kier alpha value is -0.390. The van der Waals surface area contributed by atoms with E-state index in [9.17, 15) is 0 Å². The molecule has 0 aliphatic carbocycles. The van der Waals surface area contributed by atoms with Gasteiger partial charge in [-0.25, -0.2) is 0 Å². The lowest BCUT2D eigenvalue weighted by Crippen LogP contribution is -1.79. The van der Waals surface area contributed by atoms with Gasteiger partial charge in [0.2, 0.25) is 6.58 Å². The molecule has 0 aromatic heterocycles. The van der Waals surface area contributed by atoms with Crippen LogP contribution in [0.4, 0.5) is 0 Å². The van der Waals surface area contributed by atoms with Crippen molar-refractivity contribution in [2.24, 2.45) is 0 Å². The van der Waals surface area contributed by atoms with Gasteiger partial charge in [0.1, 0.15) is 0 Å². The van der Waals surface area contributed by atoms with Crippen LogP contribution in [0.5, 0.6) is 0 Å². The van der Waals surface area contributed by atoms with Gasteiger partial charge in [-0.1, -0.05) is 0 Å². The maximum atomic E-state index is 8.24. The molecule has 1 N–H and O–H groups in total. The highest BCUT2D eigenvalue weighted by atomic mass is 16.2. The number of allylic oxidation sites excluding steroid dienone is 1. The van der Waals surface area contributed by atoms with Crippen molar-refractivity contribution in [2.45, 2.75) is 19.3 Å². The quantitative estimate of drug-likeness (QED) is 0.414. The van der Waals surface area contributed by atoms with E-state index in [0.29, 0.717) is 0 Å². The van der Waals surface area contributed by atoms with Crippen molar-refractivity contribution in [1.82, 2.24) is 0 Å². The second-order valence-electron chi connectivity index (χ2n) is 1.46. The maximum Gasteiger partial charge on any atom is 0.201 e. The fourth-order valence-electron chi connectivity index (χ4n) is 0.374. The molecule has 0 amide bonds. The Balaban J connectivity index is 2.56. The van der Waals surface area contributed by atoms with Crippen molar-refractivity contribution in [2.75, 3.05) is 6.61 Å². The standard InChI is InChI=1S/C6H11O/c1-2-3-4-5-6-7/h1-2,7H,3-6H2/q+1. The third-order valence-electron chi connectivity index (χ3n) is 0.779. The second kappa shape index (κ2) is 5.61. The lowest BCUT2D eigenvalue weighted by molar-refractivity contribution is 0.285. The smallest absolute Gasteiger partial charge is 0.201 e. The summed E-state index contributed by atoms with van der Waals surface area (Å²) in [4.78, 5) is 0. The molecule has 0 aromatic carbocycles. The molecule has 0 rings (SSSR count). The zero-order valence-corrected chi connectivity index (χ0v) is 4.43. The molecular formula is C6H11O+. The molecule has 0 spiro atoms. The highest BCUT2D eigenvalue weighted by molar-refractivity contribution is 4.60. The van der Waals surface area contributed by atoms with Gasteiger partial charge in [0.15, 0.2) is 6.08 Å². The normalized spacial score (nSPS) is 8.57. The summed E-state index contributed by atoms with van der Waals surface area (Å²) in [5, 5.41) is 8.24. The number of hydrogen-bond donors (Lipinski definition) is 1. The first kappa shape index (κ1) is 6.61. The Morgan fingerprint density at radius 1 is 1.43 bits per heavy atom. The number of aliphatic hydroxyl groups is 1. The molecule has 0 unspecified atom stereocenters. The molecule has 0 radical (unpaired) electrons. The predicted molar refractivity (Wildman–Crippen MR) is 29.8 cm³/mol. The van der Waals surface area contributed by atoms with Gasteiger partial charge >= 0.3 is 0 Å². The number of aliphatic hydroxyl groups excluding tert-OH is 1. The first-order valence-electron chi connectivity index (χ1n) is 2.56. The van der Waals surface area contributed by atoms with E-state index in [2.05, 4.69) is 0 Å². The van der Waals surface area contributed by atoms with Crippen LogP contribution in [0.25, 0.3) is 0 Å². The van der Waals surface area contributed by atoms with Crippen LogP contribution in [0.1, 0.15) is 19.3 Å². The summed E-state index contributed by atoms with van der Waals surface area (Å²) in [7, 11) is 0. The van der Waals surface area contributed by atoms with Gasteiger partial charge < -0.3 is 5.11 Å². The average Bonchev–Trinajstić information content (AvgIpc) is 1.69. The van der Waals surface area contributed by atoms with Crippen LogP contribution in [0, 0.1) is 6.58 Å². The maximum absolute atomic E-state index is 8.24. The Bertz CT molecular complexity index is 41.4. The molecule has 0 fully saturated rings. The summed E-state index contributed by atoms with van der Waals surface area (Å²) >= 11 is 0. The first-order valence-corrected chi connectivity index (χ1v) is 2.56. The molecule has 0 atom stereocenters. The van der Waals surface area contributed by atoms with E-state index < -0.39 is 0 Å². The van der Waals surface area contributed by atoms with Crippen molar-refractivity contribution in [3.05, 3.63) is 12.7 Å². The Morgan fingerprint density at radius 3 is 2.57 bits per heavy atom. The van der Waals surface area contributed by atoms with Gasteiger partial charge in [-0.2, -0.15) is 0 Å². The molecule has 0 bridgehead atoms. The fourth-order valence-corrected chi connectivity index (χ4v) is 0.374. The Kier molecular flexibility index (Phi) is 5.30. The summed E-state index contributed by atoms with van der Waals surface area (Å²) in [6.07, 6.45) is 4.41. The highest BCUT2D eigenvalue weighted by Gasteiger charge is 1.82. The van der Waals surface area contributed by atoms with Crippen LogP contribution in [-0.4, -0.2) is 11.7 Å². The SMILES string of the molecule is [CH+]=CCCCCO. The minimum absolute atomic E-state index is 0.286. The molecule has 0 aromatic rings. The van der Waals surface area contributed by atoms with Crippen molar-refractivity contribution >= 4 is 0 Å². The largest absolute Gasteiger partial charge is 0.396 e. The highest BCUT2D eigenvalue weighted by Crippen LogP contribution is 1.92. The van der Waals surface area contributed by atoms with Gasteiger partial charge in [0.05, 0.1) is 0 Å². The molecular weight excluding hydrogens is 88.1 g/mol. The molecule has 0 heterocycles. The second-order valence-corrected chi connectivity index (χ2v) is 1.46. The van der Waals surface area contributed by atoms with E-state index >= 15 is 0 Å². The van der Waals surface area contributed by atoms with Crippen molar-refractivity contribution < 1.29 is 5.11 Å². The minimum atomic E-state index is 0.286. The first-order chi connectivity index (χ1) is 3.41. The van der Waals surface area contributed by atoms with Crippen molar-refractivity contribution in [3.63, 3.8) is 0 Å². The molecule has 1 heteroatoms. The van der Waals surface area contributed by atoms with Crippen LogP contribution in [-0.2, 0) is 0 Å². The summed E-state index contributed by atoms with van der Waals surface area (Å²) < 4.78 is 0. The van der Waals surface area contributed by atoms with Crippen LogP contribution in [0.2, 0.25) is 0 Å². The average molecular weight is 99.2 g/mol. The molecule has 1 nitrogen and oxygen atoms in total. The van der Waals surface area contributed by atoms with Crippen molar-refractivity contribution in [3.8, 4) is 0 Å². The number of rotatable bonds is 4. The van der Waals surface area contributed by atoms with Crippen LogP contribution < -0.4 is 0 Å². The van der Waals surface area contributed by atoms with E-state index in [1.165, 1.54) is 0 Å². The van der Waals surface area contributed by atoms with Gasteiger partial charge in [-0.15, -0.1) is 0 Å². The Labute approximate surface area is 44.7 Å². The van der Waals surface area contributed by atoms with E-state index in [0.717, 1.165) is 19.3 Å². The summed E-state index contributed by atoms with van der Waals surface area (Å²) in [6.45, 7) is 5.35. The van der Waals surface area contributed by atoms with Gasteiger partial charge in [0.25, 0.3) is 0 Å². The topological polar surface area (TPSA) is 20.2 Å². The molecule has 0 saturated carbocycles. The molecule has 0 saturated heterocycles. The van der Waals surface area contributed by atoms with E-state index in [1.54, 1.807) is 6.08 Å². The molecule has 40 valence electrons. The zero-order chi connectivity index (χ0) is 5.54. The van der Waals surface area contributed by atoms with Gasteiger partial charge in [-0.3, -0.25) is 0 Å². The summed E-state index contributed by atoms with van der Waals surface area (Å²) in [5.41, 5.74) is 0. The minimum Gasteiger partial charge on any atom is -0.396 e. The third kappa shape index (κ3) is 5.61. The number of hydrogen-bond acceptors (Lipinski definition) is 1. The summed E-state index contributed by atoms with van der Waals surface area (Å²) in [5.74, 6) is 0. The van der Waals surface area contributed by atoms with Crippen LogP contribution in [0.3, 0.4) is 0 Å². The third-order valence-corrected chi connectivity index (χ3v) is 0.779. The molecule has 0 aliphatic heterocycles. The van der Waals surface area contributed by atoms with E-state index in [1.807, 2.05) is 0 Å². The van der Waals surface area contributed by atoms with Gasteiger partial charge in [0, 0.05) is 13.0 Å². The molecule has 0 aliphatic rings. The number of unbranched alkanes of at least 4 members (excludes halogenated alkanes) is 2. The molecule has 7 heavy (non-hydrogen) atoms. The van der Waals surface area contributed by atoms with E-state index in [4.69, 9.17) is 11.7 Å².